The van der Waals surface area contributed by atoms with Crippen LogP contribution in [-0.4, -0.2) is 36.6 Å². The first-order chi connectivity index (χ1) is 10.7. The Labute approximate surface area is 129 Å². The normalized spacial score (nSPS) is 15.1. The Morgan fingerprint density at radius 1 is 0.727 bits per heavy atom. The van der Waals surface area contributed by atoms with Crippen molar-refractivity contribution in [1.29, 1.82) is 0 Å². The van der Waals surface area contributed by atoms with Gasteiger partial charge in [0.1, 0.15) is 0 Å². The molecule has 0 saturated heterocycles. The Hall–Kier alpha value is -2.52. The summed E-state index contributed by atoms with van der Waals surface area (Å²) >= 11 is 0. The molecule has 3 heteroatoms. The zero-order chi connectivity index (χ0) is 15.5. The molecule has 0 spiro atoms. The van der Waals surface area contributed by atoms with Crippen molar-refractivity contribution in [1.82, 2.24) is 4.90 Å². The minimum absolute atomic E-state index is 0.0516. The summed E-state index contributed by atoms with van der Waals surface area (Å²) in [4.78, 5) is 27.4. The number of likely N-dealkylation sites (N-methyl/N-ethyl adjacent to an activating group) is 1. The van der Waals surface area contributed by atoms with Crippen LogP contribution in [0.5, 0.6) is 0 Å². The number of hydrogen-bond acceptors (Lipinski definition) is 3. The highest BCUT2D eigenvalue weighted by Crippen LogP contribution is 2.23. The van der Waals surface area contributed by atoms with E-state index in [4.69, 9.17) is 0 Å². The fourth-order valence-electron chi connectivity index (χ4n) is 2.73. The summed E-state index contributed by atoms with van der Waals surface area (Å²) < 4.78 is 0. The first kappa shape index (κ1) is 14.4. The van der Waals surface area contributed by atoms with Gasteiger partial charge in [0.25, 0.3) is 0 Å². The molecule has 1 aliphatic heterocycles. The van der Waals surface area contributed by atoms with Gasteiger partial charge in [-0.15, -0.1) is 0 Å². The van der Waals surface area contributed by atoms with E-state index in [0.29, 0.717) is 35.4 Å². The van der Waals surface area contributed by atoms with Crippen molar-refractivity contribution in [3.63, 3.8) is 0 Å². The van der Waals surface area contributed by atoms with E-state index in [9.17, 15) is 9.59 Å². The van der Waals surface area contributed by atoms with Crippen molar-refractivity contribution in [3.8, 4) is 0 Å². The molecule has 3 rings (SSSR count). The summed E-state index contributed by atoms with van der Waals surface area (Å²) in [6, 6.07) is 18.3. The quantitative estimate of drug-likeness (QED) is 0.813. The number of nitrogens with zero attached hydrogens (tertiary/aromatic N) is 1. The molecule has 0 fully saturated rings. The van der Waals surface area contributed by atoms with Crippen LogP contribution in [-0.2, 0) is 0 Å². The molecule has 22 heavy (non-hydrogen) atoms. The molecule has 0 N–H and O–H groups in total. The number of carbonyl (C=O) groups is 2. The third-order valence-corrected chi connectivity index (χ3v) is 3.84. The predicted molar refractivity (Wildman–Crippen MR) is 86.1 cm³/mol. The Kier molecular flexibility index (Phi) is 3.98. The largest absolute Gasteiger partial charge is 0.298 e. The molecule has 0 atom stereocenters. The zero-order valence-corrected chi connectivity index (χ0v) is 12.5. The Balaban J connectivity index is 1.99. The van der Waals surface area contributed by atoms with Gasteiger partial charge in [-0.25, -0.2) is 0 Å². The van der Waals surface area contributed by atoms with Crippen molar-refractivity contribution in [3.05, 3.63) is 82.9 Å². The predicted octanol–water partition coefficient (Wildman–Crippen LogP) is 2.99. The molecule has 0 aliphatic carbocycles. The summed E-state index contributed by atoms with van der Waals surface area (Å²) in [5.74, 6) is -0.103. The van der Waals surface area contributed by atoms with Gasteiger partial charge >= 0.3 is 0 Å². The second-order valence-corrected chi connectivity index (χ2v) is 5.52. The lowest BCUT2D eigenvalue weighted by atomic mass is 9.95. The van der Waals surface area contributed by atoms with Gasteiger partial charge in [-0.05, 0) is 7.05 Å². The van der Waals surface area contributed by atoms with Crippen LogP contribution in [0.25, 0.3) is 0 Å². The molecule has 0 aromatic heterocycles. The fraction of sp³-hybridized carbons (Fsp3) is 0.158. The molecule has 110 valence electrons. The third-order valence-electron chi connectivity index (χ3n) is 3.84. The zero-order valence-electron chi connectivity index (χ0n) is 12.5. The number of carbonyl (C=O) groups excluding carboxylic acids is 2. The van der Waals surface area contributed by atoms with Crippen LogP contribution in [0.3, 0.4) is 0 Å². The first-order valence-corrected chi connectivity index (χ1v) is 7.27. The van der Waals surface area contributed by atoms with Crippen molar-refractivity contribution in [2.24, 2.45) is 0 Å². The van der Waals surface area contributed by atoms with Crippen LogP contribution in [0, 0.1) is 0 Å². The lowest BCUT2D eigenvalue weighted by Crippen LogP contribution is -2.17. The molecule has 0 unspecified atom stereocenters. The van der Waals surface area contributed by atoms with Crippen molar-refractivity contribution in [2.45, 2.75) is 0 Å². The smallest absolute Gasteiger partial charge is 0.190 e. The molecule has 2 aromatic carbocycles. The lowest BCUT2D eigenvalue weighted by Gasteiger charge is -2.06. The van der Waals surface area contributed by atoms with Gasteiger partial charge in [0.05, 0.1) is 0 Å². The molecular weight excluding hydrogens is 274 g/mol. The van der Waals surface area contributed by atoms with E-state index < -0.39 is 0 Å². The molecule has 1 aliphatic rings. The average molecular weight is 291 g/mol. The minimum Gasteiger partial charge on any atom is -0.298 e. The van der Waals surface area contributed by atoms with Gasteiger partial charge in [0.2, 0.25) is 0 Å². The van der Waals surface area contributed by atoms with E-state index in [1.165, 1.54) is 0 Å². The minimum atomic E-state index is -0.0516. The molecule has 0 saturated carbocycles. The highest BCUT2D eigenvalue weighted by molar-refractivity contribution is 6.18. The van der Waals surface area contributed by atoms with Crippen molar-refractivity contribution < 1.29 is 9.59 Å². The summed E-state index contributed by atoms with van der Waals surface area (Å²) in [6.07, 6.45) is 0. The number of ketones is 2. The Morgan fingerprint density at radius 3 is 1.45 bits per heavy atom. The van der Waals surface area contributed by atoms with E-state index in [1.54, 1.807) is 24.3 Å². The highest BCUT2D eigenvalue weighted by atomic mass is 16.1. The Bertz CT molecular complexity index is 669. The number of rotatable bonds is 4. The summed E-state index contributed by atoms with van der Waals surface area (Å²) in [7, 11) is 1.92. The Morgan fingerprint density at radius 2 is 1.09 bits per heavy atom. The molecular formula is C19H17NO2. The summed E-state index contributed by atoms with van der Waals surface area (Å²) in [5.41, 5.74) is 2.49. The van der Waals surface area contributed by atoms with Crippen LogP contribution in [0.1, 0.15) is 20.7 Å². The maximum atomic E-state index is 12.7. The van der Waals surface area contributed by atoms with E-state index in [2.05, 4.69) is 0 Å². The van der Waals surface area contributed by atoms with E-state index >= 15 is 0 Å². The van der Waals surface area contributed by atoms with Crippen molar-refractivity contribution >= 4 is 11.6 Å². The van der Waals surface area contributed by atoms with E-state index in [0.717, 1.165) is 0 Å². The van der Waals surface area contributed by atoms with Crippen molar-refractivity contribution in [2.75, 3.05) is 20.1 Å². The topological polar surface area (TPSA) is 37.4 Å². The summed E-state index contributed by atoms with van der Waals surface area (Å²) in [5, 5.41) is 0. The number of hydrogen-bond donors (Lipinski definition) is 0. The maximum absolute atomic E-state index is 12.7. The van der Waals surface area contributed by atoms with E-state index in [1.807, 2.05) is 48.3 Å². The lowest BCUT2D eigenvalue weighted by molar-refractivity contribution is 0.100. The van der Waals surface area contributed by atoms with Crippen LogP contribution in [0.4, 0.5) is 0 Å². The molecule has 3 nitrogen and oxygen atoms in total. The highest BCUT2D eigenvalue weighted by Gasteiger charge is 2.29. The SMILES string of the molecule is CN1CC(C(=O)c2ccccc2)=C(C(=O)c2ccccc2)C1. The van der Waals surface area contributed by atoms with Crippen LogP contribution >= 0.6 is 0 Å². The molecule has 2 aromatic rings. The molecule has 0 amide bonds. The first-order valence-electron chi connectivity index (χ1n) is 7.27. The van der Waals surface area contributed by atoms with Crippen LogP contribution in [0.2, 0.25) is 0 Å². The maximum Gasteiger partial charge on any atom is 0.190 e. The average Bonchev–Trinajstić information content (AvgIpc) is 2.97. The standard InChI is InChI=1S/C19H17NO2/c1-20-12-16(18(21)14-8-4-2-5-9-14)17(13-20)19(22)15-10-6-3-7-11-15/h2-11H,12-13H2,1H3. The fourth-order valence-corrected chi connectivity index (χ4v) is 2.73. The summed E-state index contributed by atoms with van der Waals surface area (Å²) in [6.45, 7) is 1.03. The van der Waals surface area contributed by atoms with Gasteiger partial charge in [-0.1, -0.05) is 60.7 Å². The second kappa shape index (κ2) is 6.08. The monoisotopic (exact) mass is 291 g/mol. The van der Waals surface area contributed by atoms with E-state index in [-0.39, 0.29) is 11.6 Å². The molecule has 1 heterocycles. The number of Topliss-reactive ketones (excluding diaryl/α,β-unsaturated/α-hetero) is 2. The number of benzene rings is 2. The van der Waals surface area contributed by atoms with Crippen LogP contribution < -0.4 is 0 Å². The van der Waals surface area contributed by atoms with Gasteiger partial charge in [0, 0.05) is 35.4 Å². The van der Waals surface area contributed by atoms with Gasteiger partial charge in [-0.3, -0.25) is 14.5 Å². The second-order valence-electron chi connectivity index (χ2n) is 5.52. The third kappa shape index (κ3) is 2.76. The molecule has 0 radical (unpaired) electrons. The van der Waals surface area contributed by atoms with Crippen LogP contribution in [0.15, 0.2) is 71.8 Å². The van der Waals surface area contributed by atoms with Gasteiger partial charge < -0.3 is 0 Å². The van der Waals surface area contributed by atoms with Gasteiger partial charge in [-0.2, -0.15) is 0 Å². The van der Waals surface area contributed by atoms with Gasteiger partial charge in [0.15, 0.2) is 11.6 Å². The molecule has 0 bridgehead atoms.